The molecular formula is C13H26O3Si. The average molecular weight is 258 g/mol. The Labute approximate surface area is 106 Å². The van der Waals surface area contributed by atoms with Gasteiger partial charge in [0.2, 0.25) is 0 Å². The molecule has 2 unspecified atom stereocenters. The highest BCUT2D eigenvalue weighted by atomic mass is 28.4. The SMILES string of the molecule is C=CC(CO[Si](C)(C)C(C)(C)C)C(C)C(=O)O. The Hall–Kier alpha value is -0.613. The van der Waals surface area contributed by atoms with Crippen LogP contribution in [0.15, 0.2) is 12.7 Å². The molecule has 0 spiro atoms. The Morgan fingerprint density at radius 1 is 1.47 bits per heavy atom. The number of carbonyl (C=O) groups is 1. The van der Waals surface area contributed by atoms with Gasteiger partial charge in [0.05, 0.1) is 5.92 Å². The van der Waals surface area contributed by atoms with E-state index in [2.05, 4.69) is 40.4 Å². The van der Waals surface area contributed by atoms with Crippen molar-refractivity contribution in [3.05, 3.63) is 12.7 Å². The normalized spacial score (nSPS) is 16.4. The Balaban J connectivity index is 4.54. The third-order valence-electron chi connectivity index (χ3n) is 3.78. The summed E-state index contributed by atoms with van der Waals surface area (Å²) in [5.74, 6) is -1.37. The van der Waals surface area contributed by atoms with Crippen molar-refractivity contribution >= 4 is 14.3 Å². The van der Waals surface area contributed by atoms with E-state index < -0.39 is 20.2 Å². The Kier molecular flexibility index (Phi) is 5.61. The number of rotatable bonds is 6. The molecule has 0 aliphatic carbocycles. The standard InChI is InChI=1S/C13H26O3Si/c1-8-11(10(2)12(14)15)9-16-17(6,7)13(3,4)5/h8,10-11H,1,9H2,2-7H3,(H,14,15). The zero-order valence-corrected chi connectivity index (χ0v) is 12.9. The summed E-state index contributed by atoms with van der Waals surface area (Å²) in [7, 11) is -1.81. The maximum Gasteiger partial charge on any atom is 0.306 e. The summed E-state index contributed by atoms with van der Waals surface area (Å²) >= 11 is 0. The third-order valence-corrected chi connectivity index (χ3v) is 8.28. The second-order valence-corrected chi connectivity index (χ2v) is 10.9. The fourth-order valence-corrected chi connectivity index (χ4v) is 2.16. The van der Waals surface area contributed by atoms with Crippen molar-refractivity contribution in [1.82, 2.24) is 0 Å². The fourth-order valence-electron chi connectivity index (χ4n) is 1.12. The van der Waals surface area contributed by atoms with E-state index in [-0.39, 0.29) is 11.0 Å². The van der Waals surface area contributed by atoms with E-state index in [1.165, 1.54) is 0 Å². The van der Waals surface area contributed by atoms with E-state index >= 15 is 0 Å². The molecule has 17 heavy (non-hydrogen) atoms. The van der Waals surface area contributed by atoms with Crippen LogP contribution in [0.2, 0.25) is 18.1 Å². The summed E-state index contributed by atoms with van der Waals surface area (Å²) in [6.07, 6.45) is 1.69. The van der Waals surface area contributed by atoms with Gasteiger partial charge in [0.25, 0.3) is 0 Å². The van der Waals surface area contributed by atoms with E-state index in [1.807, 2.05) is 0 Å². The molecule has 0 aromatic heterocycles. The van der Waals surface area contributed by atoms with Crippen molar-refractivity contribution in [3.8, 4) is 0 Å². The molecule has 0 fully saturated rings. The Morgan fingerprint density at radius 2 is 1.94 bits per heavy atom. The molecule has 0 amide bonds. The zero-order chi connectivity index (χ0) is 13.9. The van der Waals surface area contributed by atoms with E-state index in [0.717, 1.165) is 0 Å². The monoisotopic (exact) mass is 258 g/mol. The van der Waals surface area contributed by atoms with E-state index in [0.29, 0.717) is 6.61 Å². The molecule has 0 aromatic rings. The molecule has 1 N–H and O–H groups in total. The molecule has 0 radical (unpaired) electrons. The minimum Gasteiger partial charge on any atom is -0.481 e. The molecule has 0 saturated heterocycles. The van der Waals surface area contributed by atoms with Crippen LogP contribution in [-0.4, -0.2) is 26.0 Å². The molecule has 100 valence electrons. The third kappa shape index (κ3) is 4.64. The number of aliphatic carboxylic acids is 1. The number of hydrogen-bond acceptors (Lipinski definition) is 2. The molecular weight excluding hydrogens is 232 g/mol. The predicted octanol–water partition coefficient (Wildman–Crippen LogP) is 3.53. The number of hydrogen-bond donors (Lipinski definition) is 1. The summed E-state index contributed by atoms with van der Waals surface area (Å²) in [5.41, 5.74) is 0. The van der Waals surface area contributed by atoms with Gasteiger partial charge in [-0.2, -0.15) is 0 Å². The highest BCUT2D eigenvalue weighted by Crippen LogP contribution is 2.37. The van der Waals surface area contributed by atoms with Crippen LogP contribution < -0.4 is 0 Å². The number of carboxylic acid groups (broad SMARTS) is 1. The summed E-state index contributed by atoms with van der Waals surface area (Å²) in [5, 5.41) is 9.12. The van der Waals surface area contributed by atoms with Crippen LogP contribution in [0.4, 0.5) is 0 Å². The van der Waals surface area contributed by atoms with E-state index in [4.69, 9.17) is 9.53 Å². The largest absolute Gasteiger partial charge is 0.481 e. The minimum absolute atomic E-state index is 0.123. The first-order chi connectivity index (χ1) is 7.53. The van der Waals surface area contributed by atoms with Gasteiger partial charge >= 0.3 is 5.97 Å². The highest BCUT2D eigenvalue weighted by molar-refractivity contribution is 6.74. The second kappa shape index (κ2) is 5.82. The molecule has 0 aliphatic rings. The second-order valence-electron chi connectivity index (χ2n) is 6.10. The summed E-state index contributed by atoms with van der Waals surface area (Å²) < 4.78 is 6.02. The lowest BCUT2D eigenvalue weighted by atomic mass is 9.95. The van der Waals surface area contributed by atoms with Gasteiger partial charge in [-0.25, -0.2) is 0 Å². The smallest absolute Gasteiger partial charge is 0.306 e. The van der Waals surface area contributed by atoms with Crippen molar-refractivity contribution in [2.45, 2.75) is 45.8 Å². The van der Waals surface area contributed by atoms with Crippen LogP contribution in [0.1, 0.15) is 27.7 Å². The van der Waals surface area contributed by atoms with Crippen LogP contribution in [-0.2, 0) is 9.22 Å². The molecule has 3 nitrogen and oxygen atoms in total. The van der Waals surface area contributed by atoms with Gasteiger partial charge in [-0.15, -0.1) is 6.58 Å². The lowest BCUT2D eigenvalue weighted by molar-refractivity contribution is -0.142. The number of carboxylic acids is 1. The van der Waals surface area contributed by atoms with Crippen molar-refractivity contribution in [2.24, 2.45) is 11.8 Å². The first-order valence-corrected chi connectivity index (χ1v) is 8.93. The van der Waals surface area contributed by atoms with Crippen LogP contribution in [0.25, 0.3) is 0 Å². The van der Waals surface area contributed by atoms with Crippen molar-refractivity contribution in [2.75, 3.05) is 6.61 Å². The van der Waals surface area contributed by atoms with Crippen molar-refractivity contribution < 1.29 is 14.3 Å². The van der Waals surface area contributed by atoms with Gasteiger partial charge < -0.3 is 9.53 Å². The lowest BCUT2D eigenvalue weighted by Crippen LogP contribution is -2.42. The van der Waals surface area contributed by atoms with Gasteiger partial charge in [0.1, 0.15) is 0 Å². The van der Waals surface area contributed by atoms with Crippen LogP contribution in [0.5, 0.6) is 0 Å². The highest BCUT2D eigenvalue weighted by Gasteiger charge is 2.38. The summed E-state index contributed by atoms with van der Waals surface area (Å²) in [6, 6.07) is 0. The summed E-state index contributed by atoms with van der Waals surface area (Å²) in [4.78, 5) is 10.9. The quantitative estimate of drug-likeness (QED) is 0.585. The average Bonchev–Trinajstić information content (AvgIpc) is 2.16. The topological polar surface area (TPSA) is 46.5 Å². The summed E-state index contributed by atoms with van der Waals surface area (Å²) in [6.45, 7) is 16.7. The van der Waals surface area contributed by atoms with Gasteiger partial charge in [-0.3, -0.25) is 4.79 Å². The molecule has 0 aromatic carbocycles. The van der Waals surface area contributed by atoms with Crippen LogP contribution in [0, 0.1) is 11.8 Å². The van der Waals surface area contributed by atoms with Crippen molar-refractivity contribution in [3.63, 3.8) is 0 Å². The Morgan fingerprint density at radius 3 is 2.24 bits per heavy atom. The van der Waals surface area contributed by atoms with Crippen molar-refractivity contribution in [1.29, 1.82) is 0 Å². The van der Waals surface area contributed by atoms with Crippen LogP contribution in [0.3, 0.4) is 0 Å². The molecule has 4 heteroatoms. The molecule has 0 aliphatic heterocycles. The lowest BCUT2D eigenvalue weighted by Gasteiger charge is -2.37. The van der Waals surface area contributed by atoms with E-state index in [1.54, 1.807) is 13.0 Å². The minimum atomic E-state index is -1.81. The van der Waals surface area contributed by atoms with Crippen LogP contribution >= 0.6 is 0 Å². The maximum atomic E-state index is 10.9. The van der Waals surface area contributed by atoms with Gasteiger partial charge in [-0.05, 0) is 18.1 Å². The first kappa shape index (κ1) is 16.4. The molecule has 0 bridgehead atoms. The molecule has 2 atom stereocenters. The van der Waals surface area contributed by atoms with Gasteiger partial charge in [-0.1, -0.05) is 33.8 Å². The van der Waals surface area contributed by atoms with Gasteiger partial charge in [0.15, 0.2) is 8.32 Å². The molecule has 0 heterocycles. The van der Waals surface area contributed by atoms with E-state index in [9.17, 15) is 4.79 Å². The maximum absolute atomic E-state index is 10.9. The first-order valence-electron chi connectivity index (χ1n) is 6.02. The fraction of sp³-hybridized carbons (Fsp3) is 0.769. The molecule has 0 saturated carbocycles. The predicted molar refractivity (Wildman–Crippen MR) is 73.6 cm³/mol. The Bertz CT molecular complexity index is 279. The molecule has 0 rings (SSSR count). The van der Waals surface area contributed by atoms with Gasteiger partial charge in [0, 0.05) is 12.5 Å². The zero-order valence-electron chi connectivity index (χ0n) is 11.9.